The number of carbonyl (C=O) groups excluding carboxylic acids is 1. The smallest absolute Gasteiger partial charge is 0.287 e. The average Bonchev–Trinajstić information content (AvgIpc) is 3.38. The monoisotopic (exact) mass is 604 g/mol. The van der Waals surface area contributed by atoms with Crippen LogP contribution in [0, 0.1) is 5.82 Å². The first-order valence-corrected chi connectivity index (χ1v) is 15.8. The number of fused-ring (bicyclic) bond motifs is 1. The molecule has 0 spiro atoms. The van der Waals surface area contributed by atoms with Crippen LogP contribution in [0.25, 0.3) is 11.0 Å². The van der Waals surface area contributed by atoms with Crippen molar-refractivity contribution in [3.63, 3.8) is 0 Å². The van der Waals surface area contributed by atoms with Crippen molar-refractivity contribution in [1.82, 2.24) is 30.4 Å². The molecule has 0 aliphatic carbocycles. The minimum Gasteiger partial charge on any atom is -0.348 e. The number of aromatic nitrogens is 2. The zero-order valence-corrected chi connectivity index (χ0v) is 28.0. The number of hydrogen-bond acceptors (Lipinski definition) is 5. The van der Waals surface area contributed by atoms with Gasteiger partial charge in [0, 0.05) is 43.8 Å². The van der Waals surface area contributed by atoms with Gasteiger partial charge in [0.15, 0.2) is 5.82 Å². The molecule has 4 aromatic rings. The number of halogens is 1. The van der Waals surface area contributed by atoms with Gasteiger partial charge in [-0.2, -0.15) is 0 Å². The lowest BCUT2D eigenvalue weighted by atomic mass is 10.0. The topological polar surface area (TPSA) is 74.2 Å². The van der Waals surface area contributed by atoms with Crippen molar-refractivity contribution >= 4 is 16.9 Å². The van der Waals surface area contributed by atoms with Crippen molar-refractivity contribution in [2.45, 2.75) is 73.1 Å². The first-order chi connectivity index (χ1) is 21.1. The molecule has 7 nitrogen and oxygen atoms in total. The Bertz CT molecular complexity index is 1400. The van der Waals surface area contributed by atoms with Crippen LogP contribution < -0.4 is 16.0 Å². The highest BCUT2D eigenvalue weighted by atomic mass is 19.1. The first-order valence-electron chi connectivity index (χ1n) is 15.8. The molecule has 1 amide bonds. The van der Waals surface area contributed by atoms with E-state index >= 15 is 0 Å². The van der Waals surface area contributed by atoms with Crippen molar-refractivity contribution in [2.75, 3.05) is 33.7 Å². The second-order valence-electron chi connectivity index (χ2n) is 11.5. The predicted molar refractivity (Wildman–Crippen MR) is 183 cm³/mol. The fourth-order valence-corrected chi connectivity index (χ4v) is 4.30. The Labute approximate surface area is 264 Å². The van der Waals surface area contributed by atoms with E-state index in [9.17, 15) is 9.18 Å². The highest BCUT2D eigenvalue weighted by Crippen LogP contribution is 2.19. The van der Waals surface area contributed by atoms with E-state index < -0.39 is 0 Å². The molecule has 3 N–H and O–H groups in total. The molecule has 0 saturated heterocycles. The van der Waals surface area contributed by atoms with Crippen LogP contribution in [0.1, 0.15) is 75.3 Å². The normalized spacial score (nSPS) is 11.0. The summed E-state index contributed by atoms with van der Waals surface area (Å²) in [6.07, 6.45) is 1.25. The Balaban J connectivity index is 0.00000127. The van der Waals surface area contributed by atoms with E-state index in [1.54, 1.807) is 22.8 Å². The quantitative estimate of drug-likeness (QED) is 0.150. The third kappa shape index (κ3) is 11.8. The molecular formula is C36H53FN6O. The lowest BCUT2D eigenvalue weighted by molar-refractivity contribution is 0.0928. The van der Waals surface area contributed by atoms with Gasteiger partial charge in [-0.25, -0.2) is 9.37 Å². The standard InChI is InChI=1S/C31H39FN6O.C3H8.C2H6/c1-31(2,35-20-24-15-13-23(14-16-24)19-33-17-18-37(3)4)22-34-30(39)29-36-27-11-7-8-12-28(27)38(29)21-25-9-5-6-10-26(25)32;1-3-2;1-2/h5-16,33,35H,17-22H2,1-4H3,(H,34,39);3H2,1-2H3;1-2H3. The third-order valence-electron chi connectivity index (χ3n) is 6.69. The summed E-state index contributed by atoms with van der Waals surface area (Å²) in [7, 11) is 4.14. The molecule has 0 radical (unpaired) electrons. The highest BCUT2D eigenvalue weighted by molar-refractivity contribution is 5.95. The molecule has 0 saturated carbocycles. The van der Waals surface area contributed by atoms with Crippen LogP contribution >= 0.6 is 0 Å². The summed E-state index contributed by atoms with van der Waals surface area (Å²) in [5.74, 6) is -0.325. The van der Waals surface area contributed by atoms with E-state index in [0.717, 1.165) is 25.2 Å². The van der Waals surface area contributed by atoms with Gasteiger partial charge >= 0.3 is 0 Å². The molecule has 1 heterocycles. The molecule has 0 bridgehead atoms. The second-order valence-corrected chi connectivity index (χ2v) is 11.5. The summed E-state index contributed by atoms with van der Waals surface area (Å²) in [5.41, 5.74) is 4.07. The summed E-state index contributed by atoms with van der Waals surface area (Å²) in [6, 6.07) is 22.7. The maximum Gasteiger partial charge on any atom is 0.287 e. The number of rotatable bonds is 13. The van der Waals surface area contributed by atoms with Crippen LogP contribution in [0.15, 0.2) is 72.8 Å². The Morgan fingerprint density at radius 2 is 1.50 bits per heavy atom. The molecule has 1 aromatic heterocycles. The van der Waals surface area contributed by atoms with E-state index in [0.29, 0.717) is 24.2 Å². The maximum atomic E-state index is 14.4. The van der Waals surface area contributed by atoms with Gasteiger partial charge in [0.25, 0.3) is 5.91 Å². The summed E-state index contributed by atoms with van der Waals surface area (Å²) >= 11 is 0. The van der Waals surface area contributed by atoms with Crippen LogP contribution in [0.5, 0.6) is 0 Å². The number of nitrogens with zero attached hydrogens (tertiary/aromatic N) is 3. The van der Waals surface area contributed by atoms with Gasteiger partial charge in [-0.3, -0.25) is 4.79 Å². The zero-order valence-electron chi connectivity index (χ0n) is 28.0. The lowest BCUT2D eigenvalue weighted by Gasteiger charge is -2.27. The Kier molecular flexibility index (Phi) is 15.8. The number of hydrogen-bond donors (Lipinski definition) is 3. The number of nitrogens with one attached hydrogen (secondary N) is 3. The largest absolute Gasteiger partial charge is 0.348 e. The minimum absolute atomic E-state index is 0.221. The van der Waals surface area contributed by atoms with Gasteiger partial charge in [-0.15, -0.1) is 0 Å². The average molecular weight is 605 g/mol. The van der Waals surface area contributed by atoms with Gasteiger partial charge in [-0.05, 0) is 57.3 Å². The Hall–Kier alpha value is -3.59. The third-order valence-corrected chi connectivity index (χ3v) is 6.69. The minimum atomic E-state index is -0.357. The number of para-hydroxylation sites is 2. The van der Waals surface area contributed by atoms with Crippen molar-refractivity contribution in [3.05, 3.63) is 101 Å². The van der Waals surface area contributed by atoms with Gasteiger partial charge in [-0.1, -0.05) is 88.7 Å². The van der Waals surface area contributed by atoms with Gasteiger partial charge < -0.3 is 25.4 Å². The number of carbonyl (C=O) groups is 1. The molecule has 44 heavy (non-hydrogen) atoms. The van der Waals surface area contributed by atoms with Crippen LogP contribution in [-0.4, -0.2) is 59.6 Å². The molecule has 240 valence electrons. The molecule has 0 aliphatic rings. The second kappa shape index (κ2) is 18.9. The maximum absolute atomic E-state index is 14.4. The Morgan fingerprint density at radius 3 is 2.14 bits per heavy atom. The molecule has 3 aromatic carbocycles. The first kappa shape index (κ1) is 36.6. The van der Waals surface area contributed by atoms with Crippen LogP contribution in [-0.2, 0) is 19.6 Å². The predicted octanol–water partition coefficient (Wildman–Crippen LogP) is 6.62. The number of likely N-dealkylation sites (N-methyl/N-ethyl adjacent to an activating group) is 1. The zero-order chi connectivity index (χ0) is 32.5. The summed E-state index contributed by atoms with van der Waals surface area (Å²) in [4.78, 5) is 20.0. The molecule has 0 fully saturated rings. The van der Waals surface area contributed by atoms with E-state index in [4.69, 9.17) is 0 Å². The van der Waals surface area contributed by atoms with Crippen molar-refractivity contribution < 1.29 is 9.18 Å². The molecule has 0 atom stereocenters. The van der Waals surface area contributed by atoms with E-state index in [1.165, 1.54) is 23.6 Å². The number of amides is 1. The van der Waals surface area contributed by atoms with Crippen molar-refractivity contribution in [1.29, 1.82) is 0 Å². The molecular weight excluding hydrogens is 551 g/mol. The summed E-state index contributed by atoms with van der Waals surface area (Å²) in [5, 5.41) is 10.0. The van der Waals surface area contributed by atoms with Crippen LogP contribution in [0.2, 0.25) is 0 Å². The summed E-state index contributed by atoms with van der Waals surface area (Å²) < 4.78 is 16.2. The van der Waals surface area contributed by atoms with Crippen molar-refractivity contribution in [3.8, 4) is 0 Å². The highest BCUT2D eigenvalue weighted by Gasteiger charge is 2.22. The van der Waals surface area contributed by atoms with Crippen LogP contribution in [0.4, 0.5) is 4.39 Å². The molecule has 0 aliphatic heterocycles. The van der Waals surface area contributed by atoms with Gasteiger partial charge in [0.2, 0.25) is 0 Å². The summed E-state index contributed by atoms with van der Waals surface area (Å²) in [6.45, 7) is 16.5. The Morgan fingerprint density at radius 1 is 0.909 bits per heavy atom. The lowest BCUT2D eigenvalue weighted by Crippen LogP contribution is -2.49. The van der Waals surface area contributed by atoms with E-state index in [1.807, 2.05) is 38.1 Å². The number of imidazole rings is 1. The molecule has 0 unspecified atom stereocenters. The SMILES string of the molecule is CC.CCC.CN(C)CCNCc1ccc(CNC(C)(C)CNC(=O)c2nc3ccccc3n2Cc2ccccc2F)cc1. The molecule has 8 heteroatoms. The number of benzene rings is 3. The van der Waals surface area contributed by atoms with Gasteiger partial charge in [0.05, 0.1) is 17.6 Å². The van der Waals surface area contributed by atoms with E-state index in [-0.39, 0.29) is 29.6 Å². The fourth-order valence-electron chi connectivity index (χ4n) is 4.30. The van der Waals surface area contributed by atoms with Crippen LogP contribution in [0.3, 0.4) is 0 Å². The van der Waals surface area contributed by atoms with Crippen molar-refractivity contribution in [2.24, 2.45) is 0 Å². The molecule has 4 rings (SSSR count). The fraction of sp³-hybridized carbons (Fsp3) is 0.444. The van der Waals surface area contributed by atoms with Gasteiger partial charge in [0.1, 0.15) is 5.82 Å². The van der Waals surface area contributed by atoms with E-state index in [2.05, 4.69) is 91.9 Å².